The van der Waals surface area contributed by atoms with Crippen LogP contribution in [0.15, 0.2) is 76.4 Å². The van der Waals surface area contributed by atoms with Crippen LogP contribution in [0.4, 0.5) is 10.1 Å². The van der Waals surface area contributed by atoms with Gasteiger partial charge in [0, 0.05) is 32.1 Å². The van der Waals surface area contributed by atoms with E-state index < -0.39 is 32.8 Å². The van der Waals surface area contributed by atoms with Crippen molar-refractivity contribution in [1.82, 2.24) is 14.3 Å². The maximum atomic E-state index is 14.5. The van der Waals surface area contributed by atoms with Gasteiger partial charge in [0.05, 0.1) is 34.0 Å². The molecule has 1 amide bonds. The minimum absolute atomic E-state index is 0.0160. The molecule has 1 aliphatic heterocycles. The van der Waals surface area contributed by atoms with Gasteiger partial charge in [-0.25, -0.2) is 17.5 Å². The standard InChI is InChI=1S/C32H34ClFN4O5S/c1-20-29(31(40)38(35(20)4)22-10-8-7-9-11-22)36(5)44(41,42)23-13-14-26(33)24(19-23)30(39)37-17-16-25(32(37,2)3)21-12-15-28(43-6)27(34)18-21/h7-15,18-19,25H,16-17H2,1-6H3. The van der Waals surface area contributed by atoms with E-state index >= 15 is 0 Å². The molecule has 0 aliphatic carbocycles. The molecule has 1 fully saturated rings. The van der Waals surface area contributed by atoms with Gasteiger partial charge in [0.25, 0.3) is 21.5 Å². The number of benzene rings is 3. The first-order chi connectivity index (χ1) is 20.7. The number of anilines is 1. The van der Waals surface area contributed by atoms with Gasteiger partial charge in [-0.1, -0.05) is 35.9 Å². The average Bonchev–Trinajstić information content (AvgIpc) is 3.42. The molecule has 0 saturated carbocycles. The molecule has 1 atom stereocenters. The highest BCUT2D eigenvalue weighted by molar-refractivity contribution is 7.92. The largest absolute Gasteiger partial charge is 0.494 e. The molecule has 0 N–H and O–H groups in total. The Kier molecular flexibility index (Phi) is 8.15. The minimum Gasteiger partial charge on any atom is -0.494 e. The van der Waals surface area contributed by atoms with Crippen LogP contribution in [0.3, 0.4) is 0 Å². The second-order valence-corrected chi connectivity index (χ2v) is 13.7. The molecule has 3 aromatic carbocycles. The smallest absolute Gasteiger partial charge is 0.296 e. The van der Waals surface area contributed by atoms with Gasteiger partial charge < -0.3 is 9.64 Å². The lowest BCUT2D eigenvalue weighted by Crippen LogP contribution is -2.45. The number of methoxy groups -OCH3 is 1. The summed E-state index contributed by atoms with van der Waals surface area (Å²) in [6.07, 6.45) is 0.573. The van der Waals surface area contributed by atoms with Gasteiger partial charge >= 0.3 is 0 Å². The molecule has 232 valence electrons. The summed E-state index contributed by atoms with van der Waals surface area (Å²) < 4.78 is 51.3. The number of para-hydroxylation sites is 1. The van der Waals surface area contributed by atoms with E-state index in [9.17, 15) is 22.4 Å². The van der Waals surface area contributed by atoms with Crippen LogP contribution in [0.25, 0.3) is 5.69 Å². The van der Waals surface area contributed by atoms with Crippen molar-refractivity contribution in [2.75, 3.05) is 25.0 Å². The van der Waals surface area contributed by atoms with Crippen LogP contribution in [0, 0.1) is 12.7 Å². The van der Waals surface area contributed by atoms with Crippen molar-refractivity contribution in [3.63, 3.8) is 0 Å². The Hall–Kier alpha value is -4.09. The minimum atomic E-state index is -4.29. The van der Waals surface area contributed by atoms with Crippen molar-refractivity contribution >= 4 is 33.2 Å². The highest BCUT2D eigenvalue weighted by atomic mass is 35.5. The number of ether oxygens (including phenoxy) is 1. The van der Waals surface area contributed by atoms with E-state index in [-0.39, 0.29) is 32.8 Å². The highest BCUT2D eigenvalue weighted by Gasteiger charge is 2.45. The summed E-state index contributed by atoms with van der Waals surface area (Å²) in [5, 5.41) is 0.0914. The molecule has 0 spiro atoms. The molecule has 1 aliphatic rings. The van der Waals surface area contributed by atoms with E-state index in [4.69, 9.17) is 16.3 Å². The molecule has 1 unspecified atom stereocenters. The zero-order valence-electron chi connectivity index (χ0n) is 25.3. The maximum absolute atomic E-state index is 14.5. The Balaban J connectivity index is 1.48. The lowest BCUT2D eigenvalue weighted by Gasteiger charge is -2.36. The Morgan fingerprint density at radius 2 is 1.77 bits per heavy atom. The summed E-state index contributed by atoms with van der Waals surface area (Å²) in [6.45, 7) is 5.81. The third-order valence-corrected chi connectivity index (χ3v) is 10.8. The number of carbonyl (C=O) groups is 1. The predicted octanol–water partition coefficient (Wildman–Crippen LogP) is 5.52. The van der Waals surface area contributed by atoms with Crippen LogP contribution in [0.1, 0.15) is 47.8 Å². The zero-order valence-corrected chi connectivity index (χ0v) is 26.9. The predicted molar refractivity (Wildman–Crippen MR) is 168 cm³/mol. The summed E-state index contributed by atoms with van der Waals surface area (Å²) in [5.41, 5.74) is 0.506. The SMILES string of the molecule is COc1ccc(C2CCN(C(=O)c3cc(S(=O)(=O)N(C)c4c(C)n(C)n(-c5ccccc5)c4=O)ccc3Cl)C2(C)C)cc1F. The van der Waals surface area contributed by atoms with Gasteiger partial charge in [-0.05, 0) is 75.2 Å². The summed E-state index contributed by atoms with van der Waals surface area (Å²) in [7, 11) is 0.1000. The lowest BCUT2D eigenvalue weighted by atomic mass is 9.82. The first kappa shape index (κ1) is 31.3. The highest BCUT2D eigenvalue weighted by Crippen LogP contribution is 2.44. The third kappa shape index (κ3) is 5.07. The molecule has 9 nitrogen and oxygen atoms in total. The van der Waals surface area contributed by atoms with Crippen molar-refractivity contribution in [2.45, 2.75) is 43.5 Å². The van der Waals surface area contributed by atoms with Gasteiger partial charge in [0.1, 0.15) is 5.69 Å². The number of sulfonamides is 1. The number of rotatable bonds is 7. The molecule has 2 heterocycles. The topological polar surface area (TPSA) is 93.8 Å². The number of halogens is 2. The lowest BCUT2D eigenvalue weighted by molar-refractivity contribution is 0.0635. The molecule has 12 heteroatoms. The van der Waals surface area contributed by atoms with E-state index in [2.05, 4.69) is 0 Å². The van der Waals surface area contributed by atoms with E-state index in [1.165, 1.54) is 43.1 Å². The first-order valence-corrected chi connectivity index (χ1v) is 15.8. The van der Waals surface area contributed by atoms with Crippen molar-refractivity contribution in [3.8, 4) is 11.4 Å². The van der Waals surface area contributed by atoms with E-state index in [1.54, 1.807) is 60.0 Å². The van der Waals surface area contributed by atoms with Gasteiger partial charge in [0.2, 0.25) is 0 Å². The Bertz CT molecular complexity index is 1920. The molecule has 0 bridgehead atoms. The van der Waals surface area contributed by atoms with Gasteiger partial charge in [-0.3, -0.25) is 18.6 Å². The van der Waals surface area contributed by atoms with Crippen LogP contribution >= 0.6 is 11.6 Å². The molecule has 1 aromatic heterocycles. The number of carbonyl (C=O) groups excluding carboxylic acids is 1. The van der Waals surface area contributed by atoms with Crippen LogP contribution in [-0.2, 0) is 17.1 Å². The summed E-state index contributed by atoms with van der Waals surface area (Å²) in [6, 6.07) is 17.6. The second-order valence-electron chi connectivity index (χ2n) is 11.4. The van der Waals surface area contributed by atoms with Crippen LogP contribution < -0.4 is 14.6 Å². The summed E-state index contributed by atoms with van der Waals surface area (Å²) in [4.78, 5) is 28.9. The molecule has 5 rings (SSSR count). The Morgan fingerprint density at radius 1 is 1.09 bits per heavy atom. The number of aromatic nitrogens is 2. The van der Waals surface area contributed by atoms with E-state index in [1.807, 2.05) is 19.9 Å². The van der Waals surface area contributed by atoms with Gasteiger partial charge in [-0.15, -0.1) is 0 Å². The fourth-order valence-corrected chi connectivity index (χ4v) is 7.57. The molecule has 44 heavy (non-hydrogen) atoms. The molecular formula is C32H34ClFN4O5S. The van der Waals surface area contributed by atoms with Gasteiger partial charge in [0.15, 0.2) is 11.6 Å². The maximum Gasteiger partial charge on any atom is 0.296 e. The quantitative estimate of drug-likeness (QED) is 0.265. The van der Waals surface area contributed by atoms with Crippen molar-refractivity contribution in [3.05, 3.63) is 105 Å². The molecule has 0 radical (unpaired) electrons. The van der Waals surface area contributed by atoms with Crippen molar-refractivity contribution in [1.29, 1.82) is 0 Å². The first-order valence-electron chi connectivity index (χ1n) is 14.0. The molecule has 4 aromatic rings. The van der Waals surface area contributed by atoms with Crippen LogP contribution in [0.2, 0.25) is 5.02 Å². The molecule has 1 saturated heterocycles. The number of nitrogens with zero attached hydrogens (tertiary/aromatic N) is 4. The van der Waals surface area contributed by atoms with Crippen molar-refractivity contribution in [2.24, 2.45) is 7.05 Å². The zero-order chi connectivity index (χ0) is 32.1. The number of hydrogen-bond donors (Lipinski definition) is 0. The average molecular weight is 641 g/mol. The van der Waals surface area contributed by atoms with Gasteiger partial charge in [-0.2, -0.15) is 0 Å². The Labute approximate surface area is 261 Å². The normalized spacial score (nSPS) is 16.3. The third-order valence-electron chi connectivity index (χ3n) is 8.68. The Morgan fingerprint density at radius 3 is 2.41 bits per heavy atom. The van der Waals surface area contributed by atoms with E-state index in [0.29, 0.717) is 24.3 Å². The second kappa shape index (κ2) is 11.4. The fourth-order valence-electron chi connectivity index (χ4n) is 6.09. The summed E-state index contributed by atoms with van der Waals surface area (Å²) >= 11 is 6.48. The van der Waals surface area contributed by atoms with Crippen molar-refractivity contribution < 1.29 is 22.3 Å². The fraction of sp³-hybridized carbons (Fsp3) is 0.312. The van der Waals surface area contributed by atoms with Crippen LogP contribution in [0.5, 0.6) is 5.75 Å². The number of likely N-dealkylation sites (tertiary alicyclic amines) is 1. The summed E-state index contributed by atoms with van der Waals surface area (Å²) in [5.74, 6) is -0.980. The van der Waals surface area contributed by atoms with E-state index in [0.717, 1.165) is 9.87 Å². The number of amides is 1. The monoisotopic (exact) mass is 640 g/mol. The van der Waals surface area contributed by atoms with Crippen LogP contribution in [-0.4, -0.2) is 54.8 Å². The molecular weight excluding hydrogens is 607 g/mol. The number of hydrogen-bond acceptors (Lipinski definition) is 5.